The molecular weight excluding hydrogens is 396 g/mol. The van der Waals surface area contributed by atoms with E-state index in [0.29, 0.717) is 6.61 Å². The van der Waals surface area contributed by atoms with Crippen molar-refractivity contribution in [2.45, 2.75) is 6.61 Å². The summed E-state index contributed by atoms with van der Waals surface area (Å²) in [4.78, 5) is 0. The third-order valence-electron chi connectivity index (χ3n) is 5.60. The Morgan fingerprint density at radius 2 is 1.06 bits per heavy atom. The first-order valence-corrected chi connectivity index (χ1v) is 10.7. The van der Waals surface area contributed by atoms with Gasteiger partial charge in [-0.3, -0.25) is 0 Å². The zero-order chi connectivity index (χ0) is 21.8. The second-order valence-corrected chi connectivity index (χ2v) is 7.64. The Kier molecular flexibility index (Phi) is 5.73. The summed E-state index contributed by atoms with van der Waals surface area (Å²) in [6, 6.07) is 35.2. The first-order chi connectivity index (χ1) is 15.8. The Labute approximate surface area is 187 Å². The summed E-state index contributed by atoms with van der Waals surface area (Å²) in [6.07, 6.45) is 0. The van der Waals surface area contributed by atoms with Crippen LogP contribution in [-0.4, -0.2) is 13.9 Å². The highest BCUT2D eigenvalue weighted by atomic mass is 16.7. The monoisotopic (exact) mass is 420 g/mol. The second kappa shape index (κ2) is 9.13. The van der Waals surface area contributed by atoms with Crippen LogP contribution in [0.3, 0.4) is 0 Å². The third-order valence-corrected chi connectivity index (χ3v) is 5.60. The molecule has 0 heterocycles. The van der Waals surface area contributed by atoms with E-state index in [-0.39, 0.29) is 6.79 Å². The van der Waals surface area contributed by atoms with E-state index in [2.05, 4.69) is 78.9 Å². The normalized spacial score (nSPS) is 11.0. The van der Waals surface area contributed by atoms with Crippen LogP contribution in [0.25, 0.3) is 32.7 Å². The molecule has 0 aliphatic carbocycles. The summed E-state index contributed by atoms with van der Waals surface area (Å²) in [5.74, 6) is 1.60. The molecule has 0 saturated carbocycles. The Hall–Kier alpha value is -3.82. The van der Waals surface area contributed by atoms with E-state index in [9.17, 15) is 0 Å². The smallest absolute Gasteiger partial charge is 0.188 e. The summed E-state index contributed by atoms with van der Waals surface area (Å²) in [7, 11) is 1.63. The van der Waals surface area contributed by atoms with Gasteiger partial charge in [0, 0.05) is 18.2 Å². The molecule has 158 valence electrons. The molecule has 0 bridgehead atoms. The van der Waals surface area contributed by atoms with Crippen LogP contribution in [0.4, 0.5) is 0 Å². The minimum atomic E-state index is 0.177. The zero-order valence-corrected chi connectivity index (χ0v) is 18.0. The Morgan fingerprint density at radius 3 is 1.66 bits per heavy atom. The van der Waals surface area contributed by atoms with Gasteiger partial charge in [-0.15, -0.1) is 0 Å². The molecular formula is C29H24O3. The molecule has 3 heteroatoms. The van der Waals surface area contributed by atoms with Crippen LogP contribution >= 0.6 is 0 Å². The molecule has 0 spiro atoms. The first-order valence-electron chi connectivity index (χ1n) is 10.7. The Balaban J connectivity index is 1.74. The van der Waals surface area contributed by atoms with Crippen LogP contribution in [0.2, 0.25) is 0 Å². The lowest BCUT2D eigenvalue weighted by molar-refractivity contribution is 0.0516. The van der Waals surface area contributed by atoms with Crippen molar-refractivity contribution in [3.05, 3.63) is 109 Å². The SMILES string of the molecule is COCOc1ccc2ccccc2c1-c1c(OCc2ccccc2)ccc2ccccc12. The van der Waals surface area contributed by atoms with Gasteiger partial charge in [0.1, 0.15) is 18.1 Å². The molecule has 0 radical (unpaired) electrons. The molecule has 5 aromatic rings. The highest BCUT2D eigenvalue weighted by molar-refractivity contribution is 6.09. The van der Waals surface area contributed by atoms with Gasteiger partial charge in [-0.25, -0.2) is 0 Å². The molecule has 5 rings (SSSR count). The predicted octanol–water partition coefficient (Wildman–Crippen LogP) is 7.22. The van der Waals surface area contributed by atoms with Crippen molar-refractivity contribution < 1.29 is 14.2 Å². The maximum absolute atomic E-state index is 6.41. The number of benzene rings is 5. The van der Waals surface area contributed by atoms with Gasteiger partial charge in [-0.2, -0.15) is 0 Å². The third kappa shape index (κ3) is 3.91. The van der Waals surface area contributed by atoms with Crippen LogP contribution in [0, 0.1) is 0 Å². The molecule has 5 aromatic carbocycles. The standard InChI is InChI=1S/C29H24O3/c1-30-20-32-27-18-16-23-12-6-8-14-25(23)29(27)28-24-13-7-5-11-22(24)15-17-26(28)31-19-21-9-3-2-4-10-21/h2-18H,19-20H2,1H3. The van der Waals surface area contributed by atoms with Gasteiger partial charge in [0.25, 0.3) is 0 Å². The quantitative estimate of drug-likeness (QED) is 0.260. The predicted molar refractivity (Wildman–Crippen MR) is 130 cm³/mol. The molecule has 0 saturated heterocycles. The van der Waals surface area contributed by atoms with E-state index in [4.69, 9.17) is 14.2 Å². The largest absolute Gasteiger partial charge is 0.488 e. The minimum Gasteiger partial charge on any atom is -0.488 e. The summed E-state index contributed by atoms with van der Waals surface area (Å²) in [5.41, 5.74) is 3.17. The number of hydrogen-bond donors (Lipinski definition) is 0. The lowest BCUT2D eigenvalue weighted by atomic mass is 9.92. The summed E-state index contributed by atoms with van der Waals surface area (Å²) in [6.45, 7) is 0.668. The topological polar surface area (TPSA) is 27.7 Å². The van der Waals surface area contributed by atoms with E-state index < -0.39 is 0 Å². The van der Waals surface area contributed by atoms with Crippen LogP contribution in [0.15, 0.2) is 103 Å². The van der Waals surface area contributed by atoms with Gasteiger partial charge in [-0.1, -0.05) is 91.0 Å². The first kappa shape index (κ1) is 20.1. The molecule has 32 heavy (non-hydrogen) atoms. The summed E-state index contributed by atoms with van der Waals surface area (Å²) < 4.78 is 17.7. The Bertz CT molecular complexity index is 1360. The lowest BCUT2D eigenvalue weighted by Gasteiger charge is -2.19. The van der Waals surface area contributed by atoms with Crippen molar-refractivity contribution in [2.75, 3.05) is 13.9 Å². The van der Waals surface area contributed by atoms with Crippen LogP contribution in [0.5, 0.6) is 11.5 Å². The van der Waals surface area contributed by atoms with E-state index in [0.717, 1.165) is 49.7 Å². The number of ether oxygens (including phenoxy) is 3. The fourth-order valence-corrected chi connectivity index (χ4v) is 4.12. The van der Waals surface area contributed by atoms with Gasteiger partial charge in [0.05, 0.1) is 0 Å². The molecule has 0 unspecified atom stereocenters. The lowest BCUT2D eigenvalue weighted by Crippen LogP contribution is -2.02. The second-order valence-electron chi connectivity index (χ2n) is 7.64. The van der Waals surface area contributed by atoms with Crippen molar-refractivity contribution in [1.29, 1.82) is 0 Å². The van der Waals surface area contributed by atoms with Crippen molar-refractivity contribution in [2.24, 2.45) is 0 Å². The number of fused-ring (bicyclic) bond motifs is 2. The molecule has 3 nitrogen and oxygen atoms in total. The van der Waals surface area contributed by atoms with Gasteiger partial charge in [0.2, 0.25) is 0 Å². The van der Waals surface area contributed by atoms with Crippen molar-refractivity contribution in [3.63, 3.8) is 0 Å². The summed E-state index contributed by atoms with van der Waals surface area (Å²) >= 11 is 0. The van der Waals surface area contributed by atoms with Gasteiger partial charge in [-0.05, 0) is 39.2 Å². The maximum Gasteiger partial charge on any atom is 0.188 e. The van der Waals surface area contributed by atoms with E-state index >= 15 is 0 Å². The average Bonchev–Trinajstić information content (AvgIpc) is 2.86. The van der Waals surface area contributed by atoms with Crippen LogP contribution in [-0.2, 0) is 11.3 Å². The molecule has 0 aliphatic rings. The number of methoxy groups -OCH3 is 1. The molecule has 0 aliphatic heterocycles. The zero-order valence-electron chi connectivity index (χ0n) is 18.0. The van der Waals surface area contributed by atoms with Crippen molar-refractivity contribution in [3.8, 4) is 22.6 Å². The van der Waals surface area contributed by atoms with Crippen molar-refractivity contribution in [1.82, 2.24) is 0 Å². The van der Waals surface area contributed by atoms with Gasteiger partial charge >= 0.3 is 0 Å². The van der Waals surface area contributed by atoms with E-state index in [1.165, 1.54) is 0 Å². The highest BCUT2D eigenvalue weighted by Crippen LogP contribution is 2.45. The van der Waals surface area contributed by atoms with E-state index in [1.807, 2.05) is 24.3 Å². The highest BCUT2D eigenvalue weighted by Gasteiger charge is 2.19. The fourth-order valence-electron chi connectivity index (χ4n) is 4.12. The number of hydrogen-bond acceptors (Lipinski definition) is 3. The minimum absolute atomic E-state index is 0.177. The average molecular weight is 421 g/mol. The maximum atomic E-state index is 6.41. The summed E-state index contributed by atoms with van der Waals surface area (Å²) in [5, 5.41) is 4.54. The molecule has 0 amide bonds. The molecule has 0 aromatic heterocycles. The fraction of sp³-hybridized carbons (Fsp3) is 0.103. The van der Waals surface area contributed by atoms with Crippen LogP contribution < -0.4 is 9.47 Å². The molecule has 0 atom stereocenters. The van der Waals surface area contributed by atoms with Gasteiger partial charge < -0.3 is 14.2 Å². The molecule has 0 fully saturated rings. The van der Waals surface area contributed by atoms with Crippen molar-refractivity contribution >= 4 is 21.5 Å². The van der Waals surface area contributed by atoms with E-state index in [1.54, 1.807) is 7.11 Å². The molecule has 0 N–H and O–H groups in total. The number of rotatable bonds is 7. The Morgan fingerprint density at radius 1 is 0.531 bits per heavy atom. The van der Waals surface area contributed by atoms with Gasteiger partial charge in [0.15, 0.2) is 6.79 Å². The van der Waals surface area contributed by atoms with Crippen LogP contribution in [0.1, 0.15) is 5.56 Å².